The first-order valence-corrected chi connectivity index (χ1v) is 9.91. The number of hydrogen-bond acceptors (Lipinski definition) is 6. The molecule has 1 N–H and O–H groups in total. The highest BCUT2D eigenvalue weighted by atomic mass is 32.1. The van der Waals surface area contributed by atoms with Gasteiger partial charge in [0.1, 0.15) is 17.3 Å². The minimum absolute atomic E-state index is 0.168. The number of benzene rings is 1. The molecule has 8 heteroatoms. The number of amides is 1. The average Bonchev–Trinajstić information content (AvgIpc) is 2.97. The van der Waals surface area contributed by atoms with E-state index in [0.717, 1.165) is 15.8 Å². The van der Waals surface area contributed by atoms with Gasteiger partial charge in [-0.1, -0.05) is 0 Å². The van der Waals surface area contributed by atoms with Crippen LogP contribution in [0, 0.1) is 13.8 Å². The van der Waals surface area contributed by atoms with Crippen LogP contribution in [0.4, 0.5) is 5.00 Å². The van der Waals surface area contributed by atoms with E-state index < -0.39 is 11.9 Å². The Hall–Kier alpha value is -3.13. The average molecular weight is 414 g/mol. The number of rotatable bonds is 6. The summed E-state index contributed by atoms with van der Waals surface area (Å²) in [6.45, 7) is 5.50. The molecule has 2 heterocycles. The zero-order valence-electron chi connectivity index (χ0n) is 16.7. The predicted octanol–water partition coefficient (Wildman–Crippen LogP) is 3.50. The third kappa shape index (κ3) is 4.17. The van der Waals surface area contributed by atoms with Crippen LogP contribution in [0.3, 0.4) is 0 Å². The molecule has 0 aliphatic heterocycles. The van der Waals surface area contributed by atoms with E-state index in [1.807, 2.05) is 13.8 Å². The van der Waals surface area contributed by atoms with Gasteiger partial charge in [0.15, 0.2) is 0 Å². The van der Waals surface area contributed by atoms with Gasteiger partial charge in [0.25, 0.3) is 5.56 Å². The molecule has 1 aromatic carbocycles. The van der Waals surface area contributed by atoms with Crippen molar-refractivity contribution in [2.75, 3.05) is 19.0 Å². The number of aryl methyl sites for hydroxylation is 1. The molecule has 0 aliphatic rings. The first-order chi connectivity index (χ1) is 13.8. The Labute approximate surface area is 171 Å². The minimum Gasteiger partial charge on any atom is -0.497 e. The summed E-state index contributed by atoms with van der Waals surface area (Å²) < 4.78 is 11.6. The Bertz CT molecular complexity index is 1150. The van der Waals surface area contributed by atoms with Gasteiger partial charge < -0.3 is 19.4 Å². The van der Waals surface area contributed by atoms with E-state index in [9.17, 15) is 14.4 Å². The van der Waals surface area contributed by atoms with Gasteiger partial charge in [0, 0.05) is 16.5 Å². The lowest BCUT2D eigenvalue weighted by molar-refractivity contribution is -0.116. The number of thiophene rings is 1. The third-order valence-corrected chi connectivity index (χ3v) is 5.74. The lowest BCUT2D eigenvalue weighted by Gasteiger charge is -2.10. The standard InChI is InChI=1S/C21H22N2O5S/c1-5-28-21(26)18-12(2)13(3)29-19(18)22-17(24)11-23-9-8-14-10-15(27-4)6-7-16(14)20(23)25/h6-10H,5,11H2,1-4H3,(H,22,24). The summed E-state index contributed by atoms with van der Waals surface area (Å²) in [6, 6.07) is 6.91. The molecule has 29 heavy (non-hydrogen) atoms. The third-order valence-electron chi connectivity index (χ3n) is 4.62. The lowest BCUT2D eigenvalue weighted by atomic mass is 10.1. The maximum atomic E-state index is 12.7. The molecule has 0 radical (unpaired) electrons. The topological polar surface area (TPSA) is 86.6 Å². The molecular weight excluding hydrogens is 392 g/mol. The Morgan fingerprint density at radius 2 is 1.97 bits per heavy atom. The second kappa shape index (κ2) is 8.48. The van der Waals surface area contributed by atoms with Crippen molar-refractivity contribution in [1.29, 1.82) is 0 Å². The molecule has 0 spiro atoms. The number of nitrogens with zero attached hydrogens (tertiary/aromatic N) is 1. The van der Waals surface area contributed by atoms with E-state index in [4.69, 9.17) is 9.47 Å². The quantitative estimate of drug-likeness (QED) is 0.624. The number of esters is 1. The van der Waals surface area contributed by atoms with Crippen LogP contribution in [0.2, 0.25) is 0 Å². The molecule has 0 fully saturated rings. The van der Waals surface area contributed by atoms with Gasteiger partial charge in [-0.25, -0.2) is 4.79 Å². The van der Waals surface area contributed by atoms with Gasteiger partial charge >= 0.3 is 5.97 Å². The number of nitrogens with one attached hydrogen (secondary N) is 1. The molecule has 0 saturated carbocycles. The Morgan fingerprint density at radius 3 is 2.66 bits per heavy atom. The smallest absolute Gasteiger partial charge is 0.341 e. The van der Waals surface area contributed by atoms with Gasteiger partial charge in [0.05, 0.1) is 19.3 Å². The van der Waals surface area contributed by atoms with Gasteiger partial charge in [0.2, 0.25) is 5.91 Å². The maximum absolute atomic E-state index is 12.7. The number of pyridine rings is 1. The fraction of sp³-hybridized carbons (Fsp3) is 0.286. The number of ether oxygens (including phenoxy) is 2. The van der Waals surface area contributed by atoms with E-state index in [2.05, 4.69) is 5.32 Å². The van der Waals surface area contributed by atoms with Crippen LogP contribution >= 0.6 is 11.3 Å². The number of carbonyl (C=O) groups excluding carboxylic acids is 2. The highest BCUT2D eigenvalue weighted by Gasteiger charge is 2.22. The van der Waals surface area contributed by atoms with Crippen molar-refractivity contribution in [3.05, 3.63) is 56.8 Å². The second-order valence-corrected chi connectivity index (χ2v) is 7.68. The first-order valence-electron chi connectivity index (χ1n) is 9.09. The molecule has 0 unspecified atom stereocenters. The molecule has 7 nitrogen and oxygen atoms in total. The minimum atomic E-state index is -0.471. The van der Waals surface area contributed by atoms with Crippen LogP contribution in [-0.2, 0) is 16.1 Å². The van der Waals surface area contributed by atoms with Crippen molar-refractivity contribution in [2.45, 2.75) is 27.3 Å². The van der Waals surface area contributed by atoms with Crippen LogP contribution < -0.4 is 15.6 Å². The molecule has 1 amide bonds. The number of aromatic nitrogens is 1. The summed E-state index contributed by atoms with van der Waals surface area (Å²) in [4.78, 5) is 38.5. The molecule has 0 aliphatic carbocycles. The molecule has 0 bridgehead atoms. The summed E-state index contributed by atoms with van der Waals surface area (Å²) in [5.74, 6) is -0.212. The number of carbonyl (C=O) groups is 2. The van der Waals surface area contributed by atoms with Crippen molar-refractivity contribution in [3.63, 3.8) is 0 Å². The summed E-state index contributed by atoms with van der Waals surface area (Å²) in [7, 11) is 1.56. The molecule has 2 aromatic heterocycles. The zero-order chi connectivity index (χ0) is 21.1. The largest absolute Gasteiger partial charge is 0.497 e. The zero-order valence-corrected chi connectivity index (χ0v) is 17.5. The summed E-state index contributed by atoms with van der Waals surface area (Å²) in [5.41, 5.74) is 0.866. The summed E-state index contributed by atoms with van der Waals surface area (Å²) >= 11 is 1.31. The van der Waals surface area contributed by atoms with Crippen molar-refractivity contribution in [3.8, 4) is 5.75 Å². The van der Waals surface area contributed by atoms with Crippen LogP contribution in [0.15, 0.2) is 35.3 Å². The number of hydrogen-bond donors (Lipinski definition) is 1. The van der Waals surface area contributed by atoms with Crippen LogP contribution in [0.1, 0.15) is 27.7 Å². The summed E-state index contributed by atoms with van der Waals surface area (Å²) in [5, 5.41) is 4.42. The number of anilines is 1. The van der Waals surface area contributed by atoms with Gasteiger partial charge in [-0.2, -0.15) is 0 Å². The van der Waals surface area contributed by atoms with Gasteiger partial charge in [-0.3, -0.25) is 9.59 Å². The van der Waals surface area contributed by atoms with Crippen LogP contribution in [-0.4, -0.2) is 30.2 Å². The molecule has 0 atom stereocenters. The van der Waals surface area contributed by atoms with Crippen molar-refractivity contribution < 1.29 is 19.1 Å². The maximum Gasteiger partial charge on any atom is 0.341 e. The highest BCUT2D eigenvalue weighted by Crippen LogP contribution is 2.33. The lowest BCUT2D eigenvalue weighted by Crippen LogP contribution is -2.27. The van der Waals surface area contributed by atoms with E-state index >= 15 is 0 Å². The molecule has 3 aromatic rings. The van der Waals surface area contributed by atoms with E-state index in [1.54, 1.807) is 44.5 Å². The second-order valence-electron chi connectivity index (χ2n) is 6.46. The number of fused-ring (bicyclic) bond motifs is 1. The van der Waals surface area contributed by atoms with Gasteiger partial charge in [-0.05, 0) is 56.0 Å². The fourth-order valence-corrected chi connectivity index (χ4v) is 4.07. The van der Waals surface area contributed by atoms with Crippen LogP contribution in [0.5, 0.6) is 5.75 Å². The molecule has 3 rings (SSSR count). The normalized spacial score (nSPS) is 10.8. The highest BCUT2D eigenvalue weighted by molar-refractivity contribution is 7.16. The molecule has 152 valence electrons. The van der Waals surface area contributed by atoms with Crippen molar-refractivity contribution >= 4 is 39.0 Å². The first kappa shape index (κ1) is 20.6. The molecular formula is C21H22N2O5S. The summed E-state index contributed by atoms with van der Waals surface area (Å²) in [6.07, 6.45) is 1.57. The van der Waals surface area contributed by atoms with E-state index in [1.165, 1.54) is 15.9 Å². The predicted molar refractivity (Wildman–Crippen MR) is 113 cm³/mol. The Balaban J connectivity index is 1.85. The van der Waals surface area contributed by atoms with E-state index in [0.29, 0.717) is 21.7 Å². The van der Waals surface area contributed by atoms with Gasteiger partial charge in [-0.15, -0.1) is 11.3 Å². The van der Waals surface area contributed by atoms with Crippen molar-refractivity contribution in [1.82, 2.24) is 4.57 Å². The Morgan fingerprint density at radius 1 is 1.21 bits per heavy atom. The Kier molecular flexibility index (Phi) is 6.03. The fourth-order valence-electron chi connectivity index (χ4n) is 3.00. The molecule has 0 saturated heterocycles. The van der Waals surface area contributed by atoms with Crippen molar-refractivity contribution in [2.24, 2.45) is 0 Å². The SMILES string of the molecule is CCOC(=O)c1c(NC(=O)Cn2ccc3cc(OC)ccc3c2=O)sc(C)c1C. The monoisotopic (exact) mass is 414 g/mol. The number of methoxy groups -OCH3 is 1. The van der Waals surface area contributed by atoms with E-state index in [-0.39, 0.29) is 18.7 Å². The van der Waals surface area contributed by atoms with Crippen LogP contribution in [0.25, 0.3) is 10.8 Å².